The van der Waals surface area contributed by atoms with Crippen molar-refractivity contribution in [1.29, 1.82) is 0 Å². The second-order valence-electron chi connectivity index (χ2n) is 5.42. The Morgan fingerprint density at radius 3 is 2.80 bits per heavy atom. The standard InChI is InChI=1S/C12H24N2O/c1-9-5-12(13)7-14(6-9)10(2)11-3-4-15-8-11/h9-12H,3-8,13H2,1-2H3. The minimum atomic E-state index is 0.374. The van der Waals surface area contributed by atoms with Crippen LogP contribution in [0.15, 0.2) is 0 Å². The lowest BCUT2D eigenvalue weighted by Gasteiger charge is -2.40. The number of hydrogen-bond donors (Lipinski definition) is 1. The van der Waals surface area contributed by atoms with E-state index in [0.29, 0.717) is 12.1 Å². The smallest absolute Gasteiger partial charge is 0.0509 e. The van der Waals surface area contributed by atoms with Crippen LogP contribution in [0.1, 0.15) is 26.7 Å². The van der Waals surface area contributed by atoms with Crippen molar-refractivity contribution in [2.24, 2.45) is 17.6 Å². The highest BCUT2D eigenvalue weighted by Crippen LogP contribution is 2.25. The number of nitrogens with two attached hydrogens (primary N) is 1. The van der Waals surface area contributed by atoms with Gasteiger partial charge in [-0.3, -0.25) is 4.90 Å². The van der Waals surface area contributed by atoms with Gasteiger partial charge in [0.1, 0.15) is 0 Å². The molecule has 15 heavy (non-hydrogen) atoms. The normalized spacial score (nSPS) is 40.6. The molecule has 2 rings (SSSR count). The van der Waals surface area contributed by atoms with E-state index in [1.165, 1.54) is 19.4 Å². The summed E-state index contributed by atoms with van der Waals surface area (Å²) in [6.07, 6.45) is 2.41. The largest absolute Gasteiger partial charge is 0.381 e. The molecule has 2 saturated heterocycles. The van der Waals surface area contributed by atoms with Gasteiger partial charge in [0.15, 0.2) is 0 Å². The van der Waals surface area contributed by atoms with Gasteiger partial charge in [0.05, 0.1) is 6.61 Å². The van der Waals surface area contributed by atoms with E-state index in [1.54, 1.807) is 0 Å². The first kappa shape index (κ1) is 11.4. The number of piperidine rings is 1. The molecular weight excluding hydrogens is 188 g/mol. The van der Waals surface area contributed by atoms with E-state index in [4.69, 9.17) is 10.5 Å². The van der Waals surface area contributed by atoms with Crippen molar-refractivity contribution >= 4 is 0 Å². The Morgan fingerprint density at radius 1 is 1.40 bits per heavy atom. The number of ether oxygens (including phenoxy) is 1. The molecule has 2 fully saturated rings. The van der Waals surface area contributed by atoms with Crippen LogP contribution >= 0.6 is 0 Å². The SMILES string of the molecule is CC1CC(N)CN(C(C)C2CCOC2)C1. The Balaban J connectivity index is 1.90. The van der Waals surface area contributed by atoms with Gasteiger partial charge >= 0.3 is 0 Å². The maximum Gasteiger partial charge on any atom is 0.0509 e. The lowest BCUT2D eigenvalue weighted by molar-refractivity contribution is 0.0819. The average molecular weight is 212 g/mol. The van der Waals surface area contributed by atoms with Crippen LogP contribution in [0.2, 0.25) is 0 Å². The first-order valence-electron chi connectivity index (χ1n) is 6.24. The van der Waals surface area contributed by atoms with Gasteiger partial charge in [0.25, 0.3) is 0 Å². The molecule has 2 heterocycles. The molecular formula is C12H24N2O. The Bertz CT molecular complexity index is 194. The summed E-state index contributed by atoms with van der Waals surface area (Å²) in [6.45, 7) is 8.83. The van der Waals surface area contributed by atoms with Gasteiger partial charge in [0.2, 0.25) is 0 Å². The quantitative estimate of drug-likeness (QED) is 0.744. The third-order valence-corrected chi connectivity index (χ3v) is 3.94. The molecule has 2 aliphatic rings. The van der Waals surface area contributed by atoms with Crippen LogP contribution in [0.5, 0.6) is 0 Å². The van der Waals surface area contributed by atoms with E-state index < -0.39 is 0 Å². The first-order valence-corrected chi connectivity index (χ1v) is 6.24. The van der Waals surface area contributed by atoms with E-state index in [9.17, 15) is 0 Å². The fourth-order valence-electron chi connectivity index (χ4n) is 3.01. The van der Waals surface area contributed by atoms with Crippen LogP contribution in [-0.4, -0.2) is 43.3 Å². The van der Waals surface area contributed by atoms with Gasteiger partial charge in [-0.15, -0.1) is 0 Å². The topological polar surface area (TPSA) is 38.5 Å². The molecule has 0 aromatic carbocycles. The van der Waals surface area contributed by atoms with Crippen molar-refractivity contribution < 1.29 is 4.74 Å². The monoisotopic (exact) mass is 212 g/mol. The summed E-state index contributed by atoms with van der Waals surface area (Å²) in [5.74, 6) is 1.47. The van der Waals surface area contributed by atoms with E-state index in [2.05, 4.69) is 18.7 Å². The molecule has 0 saturated carbocycles. The predicted octanol–water partition coefficient (Wildman–Crippen LogP) is 1.08. The molecule has 0 spiro atoms. The zero-order valence-corrected chi connectivity index (χ0v) is 9.98. The highest BCUT2D eigenvalue weighted by Gasteiger charge is 2.31. The van der Waals surface area contributed by atoms with Crippen molar-refractivity contribution in [3.8, 4) is 0 Å². The number of hydrogen-bond acceptors (Lipinski definition) is 3. The molecule has 0 amide bonds. The first-order chi connectivity index (χ1) is 7.16. The Labute approximate surface area is 93.0 Å². The highest BCUT2D eigenvalue weighted by molar-refractivity contribution is 4.86. The minimum Gasteiger partial charge on any atom is -0.381 e. The van der Waals surface area contributed by atoms with Crippen LogP contribution in [0, 0.1) is 11.8 Å². The van der Waals surface area contributed by atoms with Gasteiger partial charge in [-0.2, -0.15) is 0 Å². The summed E-state index contributed by atoms with van der Waals surface area (Å²) < 4.78 is 5.46. The van der Waals surface area contributed by atoms with Crippen LogP contribution in [-0.2, 0) is 4.74 Å². The zero-order chi connectivity index (χ0) is 10.8. The summed E-state index contributed by atoms with van der Waals surface area (Å²) in [6, 6.07) is 1.01. The Hall–Kier alpha value is -0.120. The Morgan fingerprint density at radius 2 is 2.20 bits per heavy atom. The van der Waals surface area contributed by atoms with E-state index in [-0.39, 0.29) is 0 Å². The fraction of sp³-hybridized carbons (Fsp3) is 1.00. The molecule has 3 heteroatoms. The lowest BCUT2D eigenvalue weighted by atomic mass is 9.91. The van der Waals surface area contributed by atoms with Crippen LogP contribution < -0.4 is 5.73 Å². The van der Waals surface area contributed by atoms with Gasteiger partial charge in [0, 0.05) is 31.8 Å². The molecule has 4 atom stereocenters. The summed E-state index contributed by atoms with van der Waals surface area (Å²) in [4.78, 5) is 2.57. The van der Waals surface area contributed by atoms with Crippen LogP contribution in [0.25, 0.3) is 0 Å². The van der Waals surface area contributed by atoms with Gasteiger partial charge in [-0.25, -0.2) is 0 Å². The Kier molecular flexibility index (Phi) is 3.65. The third kappa shape index (κ3) is 2.71. The summed E-state index contributed by atoms with van der Waals surface area (Å²) >= 11 is 0. The number of nitrogens with zero attached hydrogens (tertiary/aromatic N) is 1. The lowest BCUT2D eigenvalue weighted by Crippen LogP contribution is -2.51. The molecule has 0 radical (unpaired) electrons. The highest BCUT2D eigenvalue weighted by atomic mass is 16.5. The predicted molar refractivity (Wildman–Crippen MR) is 61.7 cm³/mol. The zero-order valence-electron chi connectivity index (χ0n) is 9.98. The summed E-state index contributed by atoms with van der Waals surface area (Å²) in [7, 11) is 0. The molecule has 0 aromatic heterocycles. The average Bonchev–Trinajstić information content (AvgIpc) is 2.67. The van der Waals surface area contributed by atoms with E-state index in [0.717, 1.165) is 31.6 Å². The summed E-state index contributed by atoms with van der Waals surface area (Å²) in [5.41, 5.74) is 6.08. The molecule has 3 nitrogen and oxygen atoms in total. The molecule has 0 aromatic rings. The van der Waals surface area contributed by atoms with E-state index in [1.807, 2.05) is 0 Å². The third-order valence-electron chi connectivity index (χ3n) is 3.94. The van der Waals surface area contributed by atoms with Crippen molar-refractivity contribution in [3.63, 3.8) is 0 Å². The van der Waals surface area contributed by atoms with Crippen molar-refractivity contribution in [2.45, 2.75) is 38.8 Å². The molecule has 2 aliphatic heterocycles. The van der Waals surface area contributed by atoms with Crippen molar-refractivity contribution in [3.05, 3.63) is 0 Å². The molecule has 0 aliphatic carbocycles. The molecule has 4 unspecified atom stereocenters. The number of likely N-dealkylation sites (tertiary alicyclic amines) is 1. The second-order valence-corrected chi connectivity index (χ2v) is 5.42. The maximum atomic E-state index is 6.08. The van der Waals surface area contributed by atoms with Crippen molar-refractivity contribution in [1.82, 2.24) is 4.90 Å². The number of rotatable bonds is 2. The van der Waals surface area contributed by atoms with Gasteiger partial charge in [-0.05, 0) is 31.6 Å². The van der Waals surface area contributed by atoms with E-state index >= 15 is 0 Å². The summed E-state index contributed by atoms with van der Waals surface area (Å²) in [5, 5.41) is 0. The van der Waals surface area contributed by atoms with Gasteiger partial charge in [-0.1, -0.05) is 6.92 Å². The fourth-order valence-corrected chi connectivity index (χ4v) is 3.01. The molecule has 88 valence electrons. The maximum absolute atomic E-state index is 6.08. The second kappa shape index (κ2) is 4.81. The molecule has 2 N–H and O–H groups in total. The van der Waals surface area contributed by atoms with Crippen LogP contribution in [0.4, 0.5) is 0 Å². The van der Waals surface area contributed by atoms with Crippen molar-refractivity contribution in [2.75, 3.05) is 26.3 Å². The molecule has 0 bridgehead atoms. The van der Waals surface area contributed by atoms with Gasteiger partial charge < -0.3 is 10.5 Å². The van der Waals surface area contributed by atoms with Crippen LogP contribution in [0.3, 0.4) is 0 Å². The minimum absolute atomic E-state index is 0.374.